The summed E-state index contributed by atoms with van der Waals surface area (Å²) in [5.74, 6) is -2.90. The summed E-state index contributed by atoms with van der Waals surface area (Å²) in [6.07, 6.45) is 0. The maximum absolute atomic E-state index is 14.1. The van der Waals surface area contributed by atoms with E-state index in [9.17, 15) is 18.4 Å². The minimum absolute atomic E-state index is 0.0187. The van der Waals surface area contributed by atoms with Crippen LogP contribution in [-0.2, 0) is 14.3 Å². The fourth-order valence-corrected chi connectivity index (χ4v) is 2.40. The van der Waals surface area contributed by atoms with Crippen LogP contribution < -0.4 is 4.74 Å². The zero-order chi connectivity index (χ0) is 20.9. The van der Waals surface area contributed by atoms with Crippen LogP contribution in [0.3, 0.4) is 0 Å². The number of benzene rings is 2. The van der Waals surface area contributed by atoms with E-state index in [4.69, 9.17) is 21.1 Å². The summed E-state index contributed by atoms with van der Waals surface area (Å²) in [5.41, 5.74) is -0.397. The summed E-state index contributed by atoms with van der Waals surface area (Å²) in [4.78, 5) is 24.0. The quantitative estimate of drug-likeness (QED) is 0.508. The molecule has 150 valence electrons. The van der Waals surface area contributed by atoms with Gasteiger partial charge in [0.1, 0.15) is 28.5 Å². The van der Waals surface area contributed by atoms with Crippen LogP contribution in [0, 0.1) is 11.6 Å². The first kappa shape index (κ1) is 21.6. The maximum atomic E-state index is 14.1. The average molecular weight is 413 g/mol. The van der Waals surface area contributed by atoms with Gasteiger partial charge >= 0.3 is 11.9 Å². The molecule has 2 aromatic rings. The van der Waals surface area contributed by atoms with Crippen molar-refractivity contribution in [2.75, 3.05) is 12.7 Å². The van der Waals surface area contributed by atoms with Crippen molar-refractivity contribution in [1.29, 1.82) is 0 Å². The topological polar surface area (TPSA) is 61.8 Å². The van der Waals surface area contributed by atoms with Crippen LogP contribution in [0.4, 0.5) is 8.78 Å². The fourth-order valence-electron chi connectivity index (χ4n) is 2.28. The van der Waals surface area contributed by atoms with E-state index in [0.717, 1.165) is 12.1 Å². The van der Waals surface area contributed by atoms with Crippen LogP contribution in [0.2, 0.25) is 0 Å². The lowest BCUT2D eigenvalue weighted by Crippen LogP contribution is -2.24. The average Bonchev–Trinajstić information content (AvgIpc) is 2.59. The summed E-state index contributed by atoms with van der Waals surface area (Å²) in [5, 5.41) is 0. The standard InChI is InChI=1S/C20H19ClF2O5/c1-20(2,3)28-19(25)15-8-12(14-6-5-13(22)9-16(14)23)4-7-17(15)26-10-18(24)27-11-21/h4-9H,10-11H2,1-3H3. The molecule has 0 N–H and O–H groups in total. The van der Waals surface area contributed by atoms with Crippen LogP contribution in [-0.4, -0.2) is 30.2 Å². The number of carbonyl (C=O) groups is 2. The van der Waals surface area contributed by atoms with E-state index >= 15 is 0 Å². The Labute approximate surface area is 166 Å². The van der Waals surface area contributed by atoms with Gasteiger partial charge in [-0.1, -0.05) is 17.7 Å². The van der Waals surface area contributed by atoms with Crippen molar-refractivity contribution in [1.82, 2.24) is 0 Å². The first-order valence-electron chi connectivity index (χ1n) is 8.28. The van der Waals surface area contributed by atoms with Crippen LogP contribution in [0.15, 0.2) is 36.4 Å². The second-order valence-corrected chi connectivity index (χ2v) is 6.97. The number of hydrogen-bond acceptors (Lipinski definition) is 5. The van der Waals surface area contributed by atoms with E-state index in [-0.39, 0.29) is 22.9 Å². The van der Waals surface area contributed by atoms with E-state index in [1.54, 1.807) is 20.8 Å². The Balaban J connectivity index is 2.42. The first-order valence-corrected chi connectivity index (χ1v) is 8.81. The highest BCUT2D eigenvalue weighted by Gasteiger charge is 2.23. The number of carbonyl (C=O) groups excluding carboxylic acids is 2. The molecule has 0 saturated carbocycles. The fraction of sp³-hybridized carbons (Fsp3) is 0.300. The Morgan fingerprint density at radius 3 is 2.39 bits per heavy atom. The molecule has 0 aromatic heterocycles. The van der Waals surface area contributed by atoms with Crippen LogP contribution in [0.5, 0.6) is 5.75 Å². The van der Waals surface area contributed by atoms with Gasteiger partial charge in [-0.25, -0.2) is 18.4 Å². The lowest BCUT2D eigenvalue weighted by atomic mass is 10.0. The minimum atomic E-state index is -0.789. The largest absolute Gasteiger partial charge is 0.481 e. The Kier molecular flexibility index (Phi) is 6.96. The Morgan fingerprint density at radius 2 is 1.79 bits per heavy atom. The molecule has 5 nitrogen and oxygen atoms in total. The molecule has 8 heteroatoms. The molecule has 0 unspecified atom stereocenters. The third kappa shape index (κ3) is 5.92. The Bertz CT molecular complexity index is 877. The third-order valence-electron chi connectivity index (χ3n) is 3.40. The smallest absolute Gasteiger partial charge is 0.345 e. The van der Waals surface area contributed by atoms with Crippen LogP contribution in [0.1, 0.15) is 31.1 Å². The SMILES string of the molecule is CC(C)(C)OC(=O)c1cc(-c2ccc(F)cc2F)ccc1OCC(=O)OCCl. The van der Waals surface area contributed by atoms with Gasteiger partial charge in [-0.2, -0.15) is 0 Å². The molecule has 0 heterocycles. The van der Waals surface area contributed by atoms with Crippen LogP contribution in [0.25, 0.3) is 11.1 Å². The van der Waals surface area contributed by atoms with Gasteiger partial charge in [0.2, 0.25) is 0 Å². The highest BCUT2D eigenvalue weighted by atomic mass is 35.5. The van der Waals surface area contributed by atoms with Gasteiger partial charge in [0.05, 0.1) is 0 Å². The van der Waals surface area contributed by atoms with E-state index < -0.39 is 35.8 Å². The van der Waals surface area contributed by atoms with E-state index in [1.165, 1.54) is 24.3 Å². The molecule has 0 spiro atoms. The predicted octanol–water partition coefficient (Wildman–Crippen LogP) is 4.71. The van der Waals surface area contributed by atoms with Gasteiger partial charge in [0.25, 0.3) is 0 Å². The van der Waals surface area contributed by atoms with Crippen molar-refractivity contribution in [3.05, 3.63) is 53.6 Å². The van der Waals surface area contributed by atoms with Crippen LogP contribution >= 0.6 is 11.6 Å². The number of ether oxygens (including phenoxy) is 3. The van der Waals surface area contributed by atoms with Gasteiger partial charge in [0.15, 0.2) is 12.7 Å². The normalized spacial score (nSPS) is 11.1. The molecule has 0 radical (unpaired) electrons. The van der Waals surface area contributed by atoms with E-state index in [0.29, 0.717) is 5.56 Å². The summed E-state index contributed by atoms with van der Waals surface area (Å²) in [7, 11) is 0. The second-order valence-electron chi connectivity index (χ2n) is 6.75. The van der Waals surface area contributed by atoms with E-state index in [2.05, 4.69) is 4.74 Å². The maximum Gasteiger partial charge on any atom is 0.345 e. The Hall–Kier alpha value is -2.67. The lowest BCUT2D eigenvalue weighted by Gasteiger charge is -2.21. The molecule has 2 rings (SSSR count). The predicted molar refractivity (Wildman–Crippen MR) is 99.3 cm³/mol. The molecular weight excluding hydrogens is 394 g/mol. The van der Waals surface area contributed by atoms with Gasteiger partial charge in [-0.3, -0.25) is 0 Å². The molecular formula is C20H19ClF2O5. The molecule has 0 bridgehead atoms. The molecule has 0 aliphatic carbocycles. The zero-order valence-corrected chi connectivity index (χ0v) is 16.3. The monoisotopic (exact) mass is 412 g/mol. The van der Waals surface area contributed by atoms with Gasteiger partial charge in [-0.05, 0) is 50.6 Å². The minimum Gasteiger partial charge on any atom is -0.481 e. The number of rotatable bonds is 6. The number of esters is 2. The highest BCUT2D eigenvalue weighted by molar-refractivity contribution is 6.17. The zero-order valence-electron chi connectivity index (χ0n) is 15.6. The van der Waals surface area contributed by atoms with E-state index in [1.807, 2.05) is 0 Å². The summed E-state index contributed by atoms with van der Waals surface area (Å²) < 4.78 is 42.5. The third-order valence-corrected chi connectivity index (χ3v) is 3.51. The number of alkyl halides is 1. The molecule has 0 aliphatic rings. The number of hydrogen-bond donors (Lipinski definition) is 0. The Morgan fingerprint density at radius 1 is 1.07 bits per heavy atom. The van der Waals surface area contributed by atoms with Crippen molar-refractivity contribution in [2.45, 2.75) is 26.4 Å². The molecule has 0 amide bonds. The van der Waals surface area contributed by atoms with Crippen molar-refractivity contribution in [3.8, 4) is 16.9 Å². The van der Waals surface area contributed by atoms with Crippen molar-refractivity contribution < 1.29 is 32.6 Å². The second kappa shape index (κ2) is 9.01. The molecule has 0 fully saturated rings. The summed E-state index contributed by atoms with van der Waals surface area (Å²) >= 11 is 5.31. The molecule has 0 saturated heterocycles. The molecule has 2 aromatic carbocycles. The summed E-state index contributed by atoms with van der Waals surface area (Å²) in [6.45, 7) is 4.58. The first-order chi connectivity index (χ1) is 13.1. The van der Waals surface area contributed by atoms with Crippen molar-refractivity contribution in [2.24, 2.45) is 0 Å². The number of halogens is 3. The van der Waals surface area contributed by atoms with Crippen molar-refractivity contribution in [3.63, 3.8) is 0 Å². The van der Waals surface area contributed by atoms with Crippen molar-refractivity contribution >= 4 is 23.5 Å². The highest BCUT2D eigenvalue weighted by Crippen LogP contribution is 2.30. The molecule has 28 heavy (non-hydrogen) atoms. The van der Waals surface area contributed by atoms with Gasteiger partial charge in [-0.15, -0.1) is 0 Å². The van der Waals surface area contributed by atoms with Gasteiger partial charge < -0.3 is 14.2 Å². The molecule has 0 aliphatic heterocycles. The summed E-state index contributed by atoms with van der Waals surface area (Å²) in [6, 6.07) is 7.01. The lowest BCUT2D eigenvalue weighted by molar-refractivity contribution is -0.143. The van der Waals surface area contributed by atoms with Gasteiger partial charge in [0, 0.05) is 11.6 Å². The molecule has 0 atom stereocenters.